The third kappa shape index (κ3) is 4.01. The zero-order valence-electron chi connectivity index (χ0n) is 18.9. The fourth-order valence-corrected chi connectivity index (χ4v) is 6.25. The molecule has 0 aromatic heterocycles. The Morgan fingerprint density at radius 3 is 2.39 bits per heavy atom. The highest BCUT2D eigenvalue weighted by Gasteiger charge is 2.54. The largest absolute Gasteiger partial charge is 0.340 e. The molecule has 0 unspecified atom stereocenters. The van der Waals surface area contributed by atoms with Crippen molar-refractivity contribution in [3.8, 4) is 0 Å². The fourth-order valence-electron chi connectivity index (χ4n) is 4.47. The standard InChI is InChI=1S/C24H27N3O5S/c1-16-9-10-19(13-17(16)2)24(18-7-5-4-6-8-18)22(29)27(23(30)25-24)14-21(28)26(3)20-11-12-33(31,32)15-20/h4-10,13,20H,11-12,14-15H2,1-3H3,(H,25,30)/t20-,24+/m0/s1. The zero-order chi connectivity index (χ0) is 24.0. The van der Waals surface area contributed by atoms with Crippen LogP contribution >= 0.6 is 0 Å². The minimum atomic E-state index is -3.17. The lowest BCUT2D eigenvalue weighted by Crippen LogP contribution is -2.47. The molecule has 174 valence electrons. The topological polar surface area (TPSA) is 104 Å². The van der Waals surface area contributed by atoms with Gasteiger partial charge in [0.15, 0.2) is 15.4 Å². The molecule has 4 amide bonds. The van der Waals surface area contributed by atoms with Gasteiger partial charge in [0, 0.05) is 13.1 Å². The molecule has 9 heteroatoms. The van der Waals surface area contributed by atoms with Crippen LogP contribution in [0.1, 0.15) is 28.7 Å². The number of amides is 4. The van der Waals surface area contributed by atoms with E-state index in [1.165, 1.54) is 11.9 Å². The molecule has 1 N–H and O–H groups in total. The van der Waals surface area contributed by atoms with Crippen molar-refractivity contribution in [1.82, 2.24) is 15.1 Å². The highest BCUT2D eigenvalue weighted by molar-refractivity contribution is 7.91. The molecule has 0 saturated carbocycles. The normalized spacial score (nSPS) is 24.1. The summed E-state index contributed by atoms with van der Waals surface area (Å²) in [6.45, 7) is 3.44. The molecule has 2 aliphatic heterocycles. The molecule has 2 saturated heterocycles. The molecule has 2 aromatic rings. The zero-order valence-corrected chi connectivity index (χ0v) is 19.7. The van der Waals surface area contributed by atoms with Crippen molar-refractivity contribution >= 4 is 27.7 Å². The van der Waals surface area contributed by atoms with Gasteiger partial charge >= 0.3 is 6.03 Å². The Balaban J connectivity index is 1.67. The van der Waals surface area contributed by atoms with E-state index in [0.717, 1.165) is 16.0 Å². The van der Waals surface area contributed by atoms with Crippen molar-refractivity contribution in [2.24, 2.45) is 0 Å². The van der Waals surface area contributed by atoms with Gasteiger partial charge in [-0.2, -0.15) is 0 Å². The lowest BCUT2D eigenvalue weighted by Gasteiger charge is -2.29. The number of nitrogens with zero attached hydrogens (tertiary/aromatic N) is 2. The van der Waals surface area contributed by atoms with E-state index >= 15 is 0 Å². The molecule has 2 heterocycles. The molecular weight excluding hydrogens is 442 g/mol. The Labute approximate surface area is 193 Å². The molecule has 4 rings (SSSR count). The third-order valence-electron chi connectivity index (χ3n) is 6.70. The number of imide groups is 1. The number of urea groups is 1. The molecular formula is C24H27N3O5S. The number of carbonyl (C=O) groups excluding carboxylic acids is 3. The van der Waals surface area contributed by atoms with E-state index in [2.05, 4.69) is 5.32 Å². The van der Waals surface area contributed by atoms with Crippen molar-refractivity contribution in [2.45, 2.75) is 31.8 Å². The van der Waals surface area contributed by atoms with E-state index < -0.39 is 45.8 Å². The number of carbonyl (C=O) groups is 3. The van der Waals surface area contributed by atoms with Crippen LogP contribution in [0.4, 0.5) is 4.79 Å². The van der Waals surface area contributed by atoms with E-state index in [1.807, 2.05) is 38.1 Å². The first-order valence-corrected chi connectivity index (χ1v) is 12.6. The Morgan fingerprint density at radius 2 is 1.79 bits per heavy atom. The number of aryl methyl sites for hydroxylation is 2. The summed E-state index contributed by atoms with van der Waals surface area (Å²) in [7, 11) is -1.66. The SMILES string of the molecule is Cc1ccc([C@@]2(c3ccccc3)NC(=O)N(CC(=O)N(C)[C@H]3CCS(=O)(=O)C3)C2=O)cc1C. The number of nitrogens with one attached hydrogen (secondary N) is 1. The van der Waals surface area contributed by atoms with Gasteiger partial charge in [-0.25, -0.2) is 13.2 Å². The Bertz CT molecular complexity index is 1230. The first-order chi connectivity index (χ1) is 15.5. The highest BCUT2D eigenvalue weighted by atomic mass is 32.2. The summed E-state index contributed by atoms with van der Waals surface area (Å²) in [6, 6.07) is 13.4. The van der Waals surface area contributed by atoms with Crippen molar-refractivity contribution in [3.05, 3.63) is 70.8 Å². The number of likely N-dealkylation sites (N-methyl/N-ethyl adjacent to an activating group) is 1. The average molecular weight is 470 g/mol. The van der Waals surface area contributed by atoms with Gasteiger partial charge in [0.05, 0.1) is 11.5 Å². The second kappa shape index (κ2) is 8.30. The van der Waals surface area contributed by atoms with Gasteiger partial charge in [-0.1, -0.05) is 48.5 Å². The maximum Gasteiger partial charge on any atom is 0.326 e. The van der Waals surface area contributed by atoms with E-state index in [4.69, 9.17) is 0 Å². The number of hydrogen-bond donors (Lipinski definition) is 1. The maximum atomic E-state index is 13.8. The van der Waals surface area contributed by atoms with Gasteiger partial charge in [-0.05, 0) is 42.5 Å². The van der Waals surface area contributed by atoms with Gasteiger partial charge in [0.2, 0.25) is 5.91 Å². The summed E-state index contributed by atoms with van der Waals surface area (Å²) >= 11 is 0. The molecule has 8 nitrogen and oxygen atoms in total. The summed E-state index contributed by atoms with van der Waals surface area (Å²) in [5.41, 5.74) is 1.78. The van der Waals surface area contributed by atoms with Crippen LogP contribution < -0.4 is 5.32 Å². The molecule has 2 fully saturated rings. The van der Waals surface area contributed by atoms with Crippen LogP contribution in [0, 0.1) is 13.8 Å². The van der Waals surface area contributed by atoms with Gasteiger partial charge in [-0.15, -0.1) is 0 Å². The minimum Gasteiger partial charge on any atom is -0.340 e. The molecule has 2 aliphatic rings. The molecule has 33 heavy (non-hydrogen) atoms. The summed E-state index contributed by atoms with van der Waals surface area (Å²) < 4.78 is 23.6. The van der Waals surface area contributed by atoms with Crippen LogP contribution in [0.2, 0.25) is 0 Å². The van der Waals surface area contributed by atoms with Crippen molar-refractivity contribution in [2.75, 3.05) is 25.1 Å². The van der Waals surface area contributed by atoms with E-state index in [0.29, 0.717) is 17.5 Å². The van der Waals surface area contributed by atoms with Gasteiger partial charge < -0.3 is 10.2 Å². The Hall–Kier alpha value is -3.20. The van der Waals surface area contributed by atoms with Crippen molar-refractivity contribution in [3.63, 3.8) is 0 Å². The van der Waals surface area contributed by atoms with Crippen LogP contribution in [-0.4, -0.2) is 67.2 Å². The summed E-state index contributed by atoms with van der Waals surface area (Å²) in [4.78, 5) is 42.0. The number of rotatable bonds is 5. The summed E-state index contributed by atoms with van der Waals surface area (Å²) in [6.07, 6.45) is 0.349. The maximum absolute atomic E-state index is 13.8. The third-order valence-corrected chi connectivity index (χ3v) is 8.45. The predicted octanol–water partition coefficient (Wildman–Crippen LogP) is 1.74. The molecule has 2 atom stereocenters. The second-order valence-electron chi connectivity index (χ2n) is 8.80. The van der Waals surface area contributed by atoms with E-state index in [9.17, 15) is 22.8 Å². The lowest BCUT2D eigenvalue weighted by atomic mass is 9.81. The summed E-state index contributed by atoms with van der Waals surface area (Å²) in [5.74, 6) is -1.10. The number of benzene rings is 2. The average Bonchev–Trinajstić information content (AvgIpc) is 3.27. The second-order valence-corrected chi connectivity index (χ2v) is 11.0. The van der Waals surface area contributed by atoms with Crippen LogP contribution in [0.15, 0.2) is 48.5 Å². The summed E-state index contributed by atoms with van der Waals surface area (Å²) in [5, 5.41) is 2.84. The van der Waals surface area contributed by atoms with Crippen LogP contribution in [0.25, 0.3) is 0 Å². The van der Waals surface area contributed by atoms with E-state index in [-0.39, 0.29) is 11.5 Å². The smallest absolute Gasteiger partial charge is 0.326 e. The predicted molar refractivity (Wildman–Crippen MR) is 123 cm³/mol. The minimum absolute atomic E-state index is 0.0301. The number of hydrogen-bond acceptors (Lipinski definition) is 5. The monoisotopic (exact) mass is 469 g/mol. The quantitative estimate of drug-likeness (QED) is 0.672. The fraction of sp³-hybridized carbons (Fsp3) is 0.375. The Kier molecular flexibility index (Phi) is 5.78. The van der Waals surface area contributed by atoms with Gasteiger partial charge in [0.25, 0.3) is 5.91 Å². The van der Waals surface area contributed by atoms with E-state index in [1.54, 1.807) is 24.3 Å². The molecule has 0 bridgehead atoms. The van der Waals surface area contributed by atoms with Crippen LogP contribution in [0.3, 0.4) is 0 Å². The van der Waals surface area contributed by atoms with Gasteiger partial charge in [0.1, 0.15) is 6.54 Å². The van der Waals surface area contributed by atoms with Crippen LogP contribution in [0.5, 0.6) is 0 Å². The highest BCUT2D eigenvalue weighted by Crippen LogP contribution is 2.37. The molecule has 0 spiro atoms. The number of sulfone groups is 1. The first kappa shape index (κ1) is 23.0. The van der Waals surface area contributed by atoms with Crippen LogP contribution in [-0.2, 0) is 25.0 Å². The first-order valence-electron chi connectivity index (χ1n) is 10.8. The van der Waals surface area contributed by atoms with Gasteiger partial charge in [-0.3, -0.25) is 14.5 Å². The lowest BCUT2D eigenvalue weighted by molar-refractivity contribution is -0.138. The Morgan fingerprint density at radius 1 is 1.09 bits per heavy atom. The molecule has 0 radical (unpaired) electrons. The van der Waals surface area contributed by atoms with Crippen molar-refractivity contribution in [1.29, 1.82) is 0 Å². The molecule has 0 aliphatic carbocycles. The molecule has 2 aromatic carbocycles. The van der Waals surface area contributed by atoms with Crippen molar-refractivity contribution < 1.29 is 22.8 Å².